The number of fused-ring (bicyclic) bond motifs is 1. The Hall–Kier alpha value is -1.02. The van der Waals surface area contributed by atoms with E-state index >= 15 is 0 Å². The molecule has 0 bridgehead atoms. The van der Waals surface area contributed by atoms with Gasteiger partial charge in [0, 0.05) is 11.2 Å². The van der Waals surface area contributed by atoms with Crippen molar-refractivity contribution in [3.63, 3.8) is 0 Å². The number of hydrogen-bond acceptors (Lipinski definition) is 3. The Morgan fingerprint density at radius 3 is 2.59 bits per heavy atom. The molecule has 2 aromatic rings. The van der Waals surface area contributed by atoms with Crippen LogP contribution < -0.4 is 4.52 Å². The van der Waals surface area contributed by atoms with Gasteiger partial charge in [-0.25, -0.2) is 4.57 Å². The van der Waals surface area contributed by atoms with Crippen LogP contribution in [0.2, 0.25) is 0 Å². The van der Waals surface area contributed by atoms with Gasteiger partial charge in [-0.1, -0.05) is 30.3 Å². The van der Waals surface area contributed by atoms with Gasteiger partial charge in [0.15, 0.2) is 0 Å². The van der Waals surface area contributed by atoms with Gasteiger partial charge in [-0.05, 0) is 29.8 Å². The largest absolute Gasteiger partial charge is 0.476 e. The maximum absolute atomic E-state index is 11.6. The lowest BCUT2D eigenvalue weighted by molar-refractivity contribution is 0.295. The Morgan fingerprint density at radius 2 is 1.88 bits per heavy atom. The van der Waals surface area contributed by atoms with E-state index in [4.69, 9.17) is 20.3 Å². The first-order valence-electron chi connectivity index (χ1n) is 5.23. The molecule has 0 aliphatic rings. The van der Waals surface area contributed by atoms with Crippen LogP contribution >= 0.6 is 18.2 Å². The molecule has 0 aliphatic carbocycles. The third-order valence-electron chi connectivity index (χ3n) is 2.22. The summed E-state index contributed by atoms with van der Waals surface area (Å²) in [6.45, 7) is -1.57. The molecule has 0 amide bonds. The van der Waals surface area contributed by atoms with Crippen molar-refractivity contribution in [1.82, 2.24) is 0 Å². The minimum atomic E-state index is -3.52. The van der Waals surface area contributed by atoms with Gasteiger partial charge < -0.3 is 4.52 Å². The summed E-state index contributed by atoms with van der Waals surface area (Å²) in [5, 5.41) is 2.08. The summed E-state index contributed by atoms with van der Waals surface area (Å²) in [6, 6.07) is 13.2. The van der Waals surface area contributed by atoms with Crippen LogP contribution in [-0.4, -0.2) is 6.61 Å². The second-order valence-electron chi connectivity index (χ2n) is 3.45. The molecule has 3 nitrogen and oxygen atoms in total. The molecule has 2 rings (SSSR count). The van der Waals surface area contributed by atoms with E-state index in [2.05, 4.69) is 0 Å². The summed E-state index contributed by atoms with van der Waals surface area (Å²) in [5.41, 5.74) is 0. The number of halogens is 1. The predicted octanol–water partition coefficient (Wildman–Crippen LogP) is 4.60. The Bertz CT molecular complexity index is 570. The highest BCUT2D eigenvalue weighted by molar-refractivity contribution is 7.81. The average Bonchev–Trinajstić information content (AvgIpc) is 2.28. The molecule has 90 valence electrons. The fraction of sp³-hybridized carbons (Fsp3) is 0.167. The van der Waals surface area contributed by atoms with E-state index in [0.29, 0.717) is 5.75 Å². The van der Waals surface area contributed by atoms with Gasteiger partial charge in [0.2, 0.25) is 0 Å². The van der Waals surface area contributed by atoms with Crippen molar-refractivity contribution in [3.8, 4) is 5.75 Å². The van der Waals surface area contributed by atoms with Crippen LogP contribution in [0.5, 0.6) is 5.75 Å². The van der Waals surface area contributed by atoms with Crippen molar-refractivity contribution in [1.29, 1.82) is 0 Å². The zero-order valence-electron chi connectivity index (χ0n) is 9.30. The Balaban J connectivity index is 2.28. The van der Waals surface area contributed by atoms with Gasteiger partial charge in [0.1, 0.15) is 5.75 Å². The summed E-state index contributed by atoms with van der Waals surface area (Å²) >= 11 is 5.63. The van der Waals surface area contributed by atoms with E-state index in [1.807, 2.05) is 30.3 Å². The molecule has 5 heteroatoms. The molecule has 0 N–H and O–H groups in total. The monoisotopic (exact) mass is 270 g/mol. The van der Waals surface area contributed by atoms with E-state index in [-0.39, 0.29) is 6.61 Å². The standard InChI is InChI=1S/C12H12ClO3P/c1-2-15-17(13,14)16-12-8-7-10-5-3-4-6-11(10)9-12/h3-9H,2H2,1H3. The normalized spacial score (nSPS) is 14.5. The van der Waals surface area contributed by atoms with E-state index in [1.54, 1.807) is 19.1 Å². The van der Waals surface area contributed by atoms with Crippen LogP contribution in [-0.2, 0) is 9.09 Å². The fourth-order valence-electron chi connectivity index (χ4n) is 1.53. The minimum absolute atomic E-state index is 0.244. The highest BCUT2D eigenvalue weighted by Crippen LogP contribution is 2.53. The molecule has 0 aliphatic heterocycles. The molecule has 0 spiro atoms. The molecule has 0 heterocycles. The van der Waals surface area contributed by atoms with E-state index in [1.165, 1.54) is 0 Å². The Morgan fingerprint density at radius 1 is 1.18 bits per heavy atom. The number of benzene rings is 2. The third kappa shape index (κ3) is 3.22. The van der Waals surface area contributed by atoms with Crippen molar-refractivity contribution >= 4 is 29.0 Å². The van der Waals surface area contributed by atoms with E-state index < -0.39 is 6.95 Å². The van der Waals surface area contributed by atoms with Crippen LogP contribution in [0.1, 0.15) is 6.92 Å². The quantitative estimate of drug-likeness (QED) is 0.762. The van der Waals surface area contributed by atoms with Crippen LogP contribution in [0.25, 0.3) is 10.8 Å². The molecule has 0 saturated heterocycles. The van der Waals surface area contributed by atoms with Gasteiger partial charge in [0.25, 0.3) is 0 Å². The Labute approximate surface area is 105 Å². The molecular weight excluding hydrogens is 259 g/mol. The van der Waals surface area contributed by atoms with Crippen molar-refractivity contribution in [3.05, 3.63) is 42.5 Å². The maximum atomic E-state index is 11.6. The highest BCUT2D eigenvalue weighted by Gasteiger charge is 2.21. The van der Waals surface area contributed by atoms with Gasteiger partial charge in [-0.3, -0.25) is 4.52 Å². The molecule has 0 aromatic heterocycles. The number of hydrogen-bond donors (Lipinski definition) is 0. The van der Waals surface area contributed by atoms with E-state index in [9.17, 15) is 4.57 Å². The minimum Gasteiger partial charge on any atom is -0.413 e. The second kappa shape index (κ2) is 5.09. The maximum Gasteiger partial charge on any atom is 0.476 e. The summed E-state index contributed by atoms with van der Waals surface area (Å²) < 4.78 is 21.6. The molecular formula is C12H12ClO3P. The topological polar surface area (TPSA) is 35.5 Å². The zero-order chi connectivity index (χ0) is 12.3. The summed E-state index contributed by atoms with van der Waals surface area (Å²) in [5.74, 6) is 0.440. The van der Waals surface area contributed by atoms with Crippen molar-refractivity contribution < 1.29 is 13.6 Å². The van der Waals surface area contributed by atoms with Crippen molar-refractivity contribution in [2.24, 2.45) is 0 Å². The number of rotatable bonds is 4. The lowest BCUT2D eigenvalue weighted by atomic mass is 10.1. The second-order valence-corrected chi connectivity index (χ2v) is 5.99. The van der Waals surface area contributed by atoms with Crippen LogP contribution in [0, 0.1) is 0 Å². The fourth-order valence-corrected chi connectivity index (χ4v) is 2.79. The SMILES string of the molecule is CCOP(=O)(Cl)Oc1ccc2ccccc2c1. The molecule has 1 atom stereocenters. The van der Waals surface area contributed by atoms with Crippen molar-refractivity contribution in [2.45, 2.75) is 6.92 Å². The van der Waals surface area contributed by atoms with Crippen LogP contribution in [0.3, 0.4) is 0 Å². The summed E-state index contributed by atoms with van der Waals surface area (Å²) in [4.78, 5) is 0. The highest BCUT2D eigenvalue weighted by atomic mass is 35.7. The van der Waals surface area contributed by atoms with Gasteiger partial charge >= 0.3 is 6.95 Å². The molecule has 1 unspecified atom stereocenters. The Kier molecular flexibility index (Phi) is 3.72. The smallest absolute Gasteiger partial charge is 0.413 e. The van der Waals surface area contributed by atoms with Gasteiger partial charge in [0.05, 0.1) is 6.61 Å². The molecule has 2 aromatic carbocycles. The predicted molar refractivity (Wildman–Crippen MR) is 69.7 cm³/mol. The molecule has 0 saturated carbocycles. The third-order valence-corrected chi connectivity index (χ3v) is 3.71. The summed E-state index contributed by atoms with van der Waals surface area (Å²) in [7, 11) is 0. The first-order valence-corrected chi connectivity index (χ1v) is 7.68. The van der Waals surface area contributed by atoms with Crippen molar-refractivity contribution in [2.75, 3.05) is 6.61 Å². The first-order chi connectivity index (χ1) is 8.11. The van der Waals surface area contributed by atoms with E-state index in [0.717, 1.165) is 10.8 Å². The average molecular weight is 271 g/mol. The van der Waals surface area contributed by atoms with Gasteiger partial charge in [-0.2, -0.15) is 0 Å². The first kappa shape index (κ1) is 12.4. The lowest BCUT2D eigenvalue weighted by Crippen LogP contribution is -1.92. The summed E-state index contributed by atoms with van der Waals surface area (Å²) in [6.07, 6.45) is 0. The van der Waals surface area contributed by atoms with Gasteiger partial charge in [-0.15, -0.1) is 0 Å². The lowest BCUT2D eigenvalue weighted by Gasteiger charge is -2.11. The zero-order valence-corrected chi connectivity index (χ0v) is 10.9. The molecule has 17 heavy (non-hydrogen) atoms. The molecule has 0 radical (unpaired) electrons. The van der Waals surface area contributed by atoms with Crippen LogP contribution in [0.15, 0.2) is 42.5 Å². The van der Waals surface area contributed by atoms with Crippen LogP contribution in [0.4, 0.5) is 0 Å². The molecule has 0 fully saturated rings.